The van der Waals surface area contributed by atoms with E-state index in [9.17, 15) is 9.59 Å². The monoisotopic (exact) mass is 265 g/mol. The van der Waals surface area contributed by atoms with Crippen LogP contribution < -0.4 is 16.4 Å². The highest BCUT2D eigenvalue weighted by Gasteiger charge is 2.25. The molecule has 17 heavy (non-hydrogen) atoms. The molecule has 0 rings (SSSR count). The van der Waals surface area contributed by atoms with Crippen LogP contribution in [0.3, 0.4) is 0 Å². The molecule has 0 saturated carbocycles. The second-order valence-corrected chi connectivity index (χ2v) is 4.82. The maximum atomic E-state index is 11.5. The Kier molecular flexibility index (Phi) is 9.06. The summed E-state index contributed by atoms with van der Waals surface area (Å²) in [4.78, 5) is 22.2. The SMILES string of the molecule is CC(=O)NCC(=O)NC(C)(CN)CC(C)C.Cl. The summed E-state index contributed by atoms with van der Waals surface area (Å²) >= 11 is 0. The van der Waals surface area contributed by atoms with Gasteiger partial charge in [-0.1, -0.05) is 13.8 Å². The van der Waals surface area contributed by atoms with Crippen LogP contribution in [0.25, 0.3) is 0 Å². The van der Waals surface area contributed by atoms with Crippen LogP contribution in [0.5, 0.6) is 0 Å². The number of halogens is 1. The van der Waals surface area contributed by atoms with Crippen molar-refractivity contribution in [2.75, 3.05) is 13.1 Å². The summed E-state index contributed by atoms with van der Waals surface area (Å²) in [6.07, 6.45) is 0.815. The highest BCUT2D eigenvalue weighted by atomic mass is 35.5. The number of carbonyl (C=O) groups is 2. The predicted octanol–water partition coefficient (Wildman–Crippen LogP) is 0.424. The summed E-state index contributed by atoms with van der Waals surface area (Å²) in [5.41, 5.74) is 5.26. The van der Waals surface area contributed by atoms with E-state index in [0.717, 1.165) is 6.42 Å². The van der Waals surface area contributed by atoms with Crippen molar-refractivity contribution in [3.8, 4) is 0 Å². The molecular weight excluding hydrogens is 242 g/mol. The van der Waals surface area contributed by atoms with E-state index < -0.39 is 5.54 Å². The molecule has 0 spiro atoms. The second-order valence-electron chi connectivity index (χ2n) is 4.82. The second kappa shape index (κ2) is 8.31. The Labute approximate surface area is 109 Å². The van der Waals surface area contributed by atoms with E-state index in [-0.39, 0.29) is 30.8 Å². The van der Waals surface area contributed by atoms with Crippen LogP contribution in [0.4, 0.5) is 0 Å². The minimum atomic E-state index is -0.399. The van der Waals surface area contributed by atoms with E-state index in [0.29, 0.717) is 12.5 Å². The molecule has 0 aliphatic carbocycles. The van der Waals surface area contributed by atoms with Crippen LogP contribution >= 0.6 is 12.4 Å². The molecule has 0 fully saturated rings. The van der Waals surface area contributed by atoms with Crippen molar-refractivity contribution < 1.29 is 9.59 Å². The van der Waals surface area contributed by atoms with E-state index in [1.807, 2.05) is 6.92 Å². The number of nitrogens with two attached hydrogens (primary N) is 1. The van der Waals surface area contributed by atoms with Gasteiger partial charge in [-0.2, -0.15) is 0 Å². The molecule has 0 radical (unpaired) electrons. The molecule has 0 aromatic rings. The molecule has 4 N–H and O–H groups in total. The van der Waals surface area contributed by atoms with Gasteiger partial charge in [0.2, 0.25) is 11.8 Å². The Bertz CT molecular complexity index is 259. The van der Waals surface area contributed by atoms with Gasteiger partial charge in [0.1, 0.15) is 0 Å². The zero-order valence-electron chi connectivity index (χ0n) is 11.0. The molecule has 0 aliphatic heterocycles. The third-order valence-electron chi connectivity index (χ3n) is 2.25. The summed E-state index contributed by atoms with van der Waals surface area (Å²) in [6.45, 7) is 7.84. The number of hydrogen-bond acceptors (Lipinski definition) is 3. The van der Waals surface area contributed by atoms with Crippen LogP contribution in [0.2, 0.25) is 0 Å². The molecule has 0 bridgehead atoms. The first-order valence-corrected chi connectivity index (χ1v) is 5.54. The molecule has 0 aromatic heterocycles. The van der Waals surface area contributed by atoms with Gasteiger partial charge in [0.05, 0.1) is 6.54 Å². The van der Waals surface area contributed by atoms with Gasteiger partial charge in [0.15, 0.2) is 0 Å². The lowest BCUT2D eigenvalue weighted by molar-refractivity contribution is -0.126. The molecule has 2 amide bonds. The third-order valence-corrected chi connectivity index (χ3v) is 2.25. The van der Waals surface area contributed by atoms with Crippen molar-refractivity contribution in [2.24, 2.45) is 11.7 Å². The van der Waals surface area contributed by atoms with E-state index >= 15 is 0 Å². The van der Waals surface area contributed by atoms with Gasteiger partial charge in [0.25, 0.3) is 0 Å². The van der Waals surface area contributed by atoms with Crippen LogP contribution in [-0.2, 0) is 9.59 Å². The van der Waals surface area contributed by atoms with Gasteiger partial charge in [-0.15, -0.1) is 12.4 Å². The molecule has 6 heteroatoms. The minimum absolute atomic E-state index is 0. The molecule has 0 aromatic carbocycles. The molecule has 0 heterocycles. The Morgan fingerprint density at radius 2 is 1.88 bits per heavy atom. The highest BCUT2D eigenvalue weighted by molar-refractivity contribution is 5.85. The van der Waals surface area contributed by atoms with Crippen molar-refractivity contribution in [3.63, 3.8) is 0 Å². The number of carbonyl (C=O) groups excluding carboxylic acids is 2. The van der Waals surface area contributed by atoms with Gasteiger partial charge in [0, 0.05) is 19.0 Å². The summed E-state index contributed by atoms with van der Waals surface area (Å²) in [7, 11) is 0. The van der Waals surface area contributed by atoms with E-state index in [4.69, 9.17) is 5.73 Å². The molecule has 0 saturated heterocycles. The normalized spacial score (nSPS) is 13.5. The summed E-state index contributed by atoms with van der Waals surface area (Å²) < 4.78 is 0. The first-order valence-electron chi connectivity index (χ1n) is 5.54. The maximum Gasteiger partial charge on any atom is 0.239 e. The average molecular weight is 266 g/mol. The van der Waals surface area contributed by atoms with Gasteiger partial charge in [-0.3, -0.25) is 9.59 Å². The molecule has 5 nitrogen and oxygen atoms in total. The van der Waals surface area contributed by atoms with Crippen LogP contribution in [0.1, 0.15) is 34.1 Å². The Morgan fingerprint density at radius 1 is 1.35 bits per heavy atom. The zero-order valence-corrected chi connectivity index (χ0v) is 11.8. The van der Waals surface area contributed by atoms with Gasteiger partial charge >= 0.3 is 0 Å². The average Bonchev–Trinajstić information content (AvgIpc) is 2.13. The zero-order chi connectivity index (χ0) is 12.8. The number of amides is 2. The fraction of sp³-hybridized carbons (Fsp3) is 0.818. The standard InChI is InChI=1S/C11H23N3O2.ClH/c1-8(2)5-11(4,7-12)14-10(16)6-13-9(3)15;/h8H,5-7,12H2,1-4H3,(H,13,15)(H,14,16);1H. The first kappa shape index (κ1) is 18.6. The van der Waals surface area contributed by atoms with Crippen LogP contribution in [0.15, 0.2) is 0 Å². The Balaban J connectivity index is 0. The number of nitrogens with one attached hydrogen (secondary N) is 2. The van der Waals surface area contributed by atoms with Crippen molar-refractivity contribution in [3.05, 3.63) is 0 Å². The fourth-order valence-electron chi connectivity index (χ4n) is 1.67. The number of rotatable bonds is 6. The van der Waals surface area contributed by atoms with Gasteiger partial charge < -0.3 is 16.4 Å². The van der Waals surface area contributed by atoms with Crippen molar-refractivity contribution >= 4 is 24.2 Å². The minimum Gasteiger partial charge on any atom is -0.348 e. The molecule has 0 aliphatic rings. The highest BCUT2D eigenvalue weighted by Crippen LogP contribution is 2.14. The molecule has 1 atom stereocenters. The lowest BCUT2D eigenvalue weighted by atomic mass is 9.91. The summed E-state index contributed by atoms with van der Waals surface area (Å²) in [5.74, 6) is 0.0341. The largest absolute Gasteiger partial charge is 0.348 e. The predicted molar refractivity (Wildman–Crippen MR) is 71.0 cm³/mol. The van der Waals surface area contributed by atoms with E-state index in [1.54, 1.807) is 0 Å². The van der Waals surface area contributed by atoms with Crippen LogP contribution in [-0.4, -0.2) is 30.4 Å². The first-order chi connectivity index (χ1) is 7.29. The fourth-order valence-corrected chi connectivity index (χ4v) is 1.67. The lowest BCUT2D eigenvalue weighted by Crippen LogP contribution is -2.54. The van der Waals surface area contributed by atoms with Crippen molar-refractivity contribution in [1.82, 2.24) is 10.6 Å². The summed E-state index contributed by atoms with van der Waals surface area (Å²) in [6, 6.07) is 0. The number of hydrogen-bond donors (Lipinski definition) is 3. The lowest BCUT2D eigenvalue weighted by Gasteiger charge is -2.31. The van der Waals surface area contributed by atoms with Crippen molar-refractivity contribution in [2.45, 2.75) is 39.7 Å². The van der Waals surface area contributed by atoms with Crippen LogP contribution in [0, 0.1) is 5.92 Å². The third kappa shape index (κ3) is 8.94. The topological polar surface area (TPSA) is 84.2 Å². The maximum absolute atomic E-state index is 11.5. The summed E-state index contributed by atoms with van der Waals surface area (Å²) in [5, 5.41) is 5.30. The Morgan fingerprint density at radius 3 is 2.24 bits per heavy atom. The van der Waals surface area contributed by atoms with Gasteiger partial charge in [-0.25, -0.2) is 0 Å². The van der Waals surface area contributed by atoms with E-state index in [1.165, 1.54) is 6.92 Å². The van der Waals surface area contributed by atoms with E-state index in [2.05, 4.69) is 24.5 Å². The van der Waals surface area contributed by atoms with Crippen molar-refractivity contribution in [1.29, 1.82) is 0 Å². The Hall–Kier alpha value is -0.810. The molecular formula is C11H24ClN3O2. The molecule has 102 valence electrons. The molecule has 1 unspecified atom stereocenters. The smallest absolute Gasteiger partial charge is 0.239 e. The quantitative estimate of drug-likeness (QED) is 0.651. The van der Waals surface area contributed by atoms with Gasteiger partial charge in [-0.05, 0) is 19.3 Å².